The Labute approximate surface area is 125 Å². The van der Waals surface area contributed by atoms with Gasteiger partial charge in [0.2, 0.25) is 0 Å². The second-order valence-electron chi connectivity index (χ2n) is 5.85. The lowest BCUT2D eigenvalue weighted by atomic mass is 10.1. The van der Waals surface area contributed by atoms with E-state index in [0.717, 1.165) is 19.4 Å². The molecule has 0 spiro atoms. The summed E-state index contributed by atoms with van der Waals surface area (Å²) in [5.74, 6) is 0. The Morgan fingerprint density at radius 2 is 1.90 bits per heavy atom. The van der Waals surface area contributed by atoms with Crippen LogP contribution in [0.4, 0.5) is 0 Å². The van der Waals surface area contributed by atoms with E-state index in [-0.39, 0.29) is 6.17 Å². The van der Waals surface area contributed by atoms with Crippen LogP contribution in [0, 0.1) is 0 Å². The number of unbranched alkanes of at least 4 members (excludes halogenated alkanes) is 6. The highest BCUT2D eigenvalue weighted by molar-refractivity contribution is 5.62. The van der Waals surface area contributed by atoms with E-state index in [1.54, 1.807) is 0 Å². The van der Waals surface area contributed by atoms with Crippen LogP contribution < -0.4 is 5.73 Å². The average molecular weight is 279 g/mol. The number of allylic oxidation sites excluding steroid dienone is 2. The Morgan fingerprint density at radius 1 is 1.20 bits per heavy atom. The maximum absolute atomic E-state index is 5.94. The maximum Gasteiger partial charge on any atom is 0.103 e. The van der Waals surface area contributed by atoms with Gasteiger partial charge in [-0.1, -0.05) is 51.2 Å². The fourth-order valence-corrected chi connectivity index (χ4v) is 2.67. The van der Waals surface area contributed by atoms with E-state index in [1.807, 2.05) is 13.1 Å². The molecule has 0 aromatic heterocycles. The summed E-state index contributed by atoms with van der Waals surface area (Å²) in [6, 6.07) is 0. The largest absolute Gasteiger partial charge is 0.316 e. The summed E-state index contributed by atoms with van der Waals surface area (Å²) >= 11 is 0. The quantitative estimate of drug-likeness (QED) is 0.457. The van der Waals surface area contributed by atoms with Crippen molar-refractivity contribution in [2.24, 2.45) is 10.7 Å². The third kappa shape index (κ3) is 7.20. The molecule has 0 saturated carbocycles. The maximum atomic E-state index is 5.94. The van der Waals surface area contributed by atoms with Crippen molar-refractivity contribution in [2.45, 2.75) is 84.0 Å². The first-order valence-corrected chi connectivity index (χ1v) is 8.43. The van der Waals surface area contributed by atoms with Crippen LogP contribution in [-0.4, -0.2) is 30.0 Å². The lowest BCUT2D eigenvalue weighted by molar-refractivity contribution is 0.186. The van der Waals surface area contributed by atoms with Crippen LogP contribution in [0.25, 0.3) is 0 Å². The zero-order valence-electron chi connectivity index (χ0n) is 13.4. The Balaban J connectivity index is 1.98. The predicted molar refractivity (Wildman–Crippen MR) is 89.0 cm³/mol. The fraction of sp³-hybridized carbons (Fsp3) is 0.824. The summed E-state index contributed by atoms with van der Waals surface area (Å²) in [5.41, 5.74) is 5.94. The van der Waals surface area contributed by atoms with Gasteiger partial charge in [-0.2, -0.15) is 0 Å². The van der Waals surface area contributed by atoms with Crippen molar-refractivity contribution in [3.63, 3.8) is 0 Å². The summed E-state index contributed by atoms with van der Waals surface area (Å²) in [5, 5.41) is 0. The second kappa shape index (κ2) is 11.0. The standard InChI is InChI=1S/C17H33N3/c1-3-4-5-6-7-8-9-10-11-12-13-17-19-14-15-20(17)16(2)18/h10-11,14,16-17H,3-9,12-13,15,18H2,1-2H3/b11-10+. The van der Waals surface area contributed by atoms with Crippen molar-refractivity contribution in [2.75, 3.05) is 6.54 Å². The minimum absolute atomic E-state index is 0.106. The minimum Gasteiger partial charge on any atom is -0.316 e. The van der Waals surface area contributed by atoms with E-state index in [1.165, 1.54) is 44.9 Å². The first-order chi connectivity index (χ1) is 9.75. The van der Waals surface area contributed by atoms with Crippen LogP contribution in [0.2, 0.25) is 0 Å². The molecule has 0 fully saturated rings. The summed E-state index contributed by atoms with van der Waals surface area (Å²) in [6.07, 6.45) is 18.8. The molecule has 0 aromatic rings. The van der Waals surface area contributed by atoms with E-state index in [0.29, 0.717) is 6.17 Å². The fourth-order valence-electron chi connectivity index (χ4n) is 2.67. The third-order valence-corrected chi connectivity index (χ3v) is 3.96. The molecule has 1 heterocycles. The van der Waals surface area contributed by atoms with Crippen molar-refractivity contribution in [3.8, 4) is 0 Å². The van der Waals surface area contributed by atoms with Crippen LogP contribution in [0.1, 0.15) is 71.6 Å². The average Bonchev–Trinajstić information content (AvgIpc) is 2.89. The molecular formula is C17H33N3. The van der Waals surface area contributed by atoms with Gasteiger partial charge in [-0.05, 0) is 32.6 Å². The first-order valence-electron chi connectivity index (χ1n) is 8.43. The minimum atomic E-state index is 0.106. The molecule has 0 saturated heterocycles. The molecule has 0 aliphatic carbocycles. The van der Waals surface area contributed by atoms with E-state index < -0.39 is 0 Å². The van der Waals surface area contributed by atoms with Gasteiger partial charge in [-0.25, -0.2) is 0 Å². The molecule has 0 amide bonds. The monoisotopic (exact) mass is 279 g/mol. The molecular weight excluding hydrogens is 246 g/mol. The van der Waals surface area contributed by atoms with Crippen molar-refractivity contribution >= 4 is 6.21 Å². The molecule has 20 heavy (non-hydrogen) atoms. The molecule has 0 radical (unpaired) electrons. The van der Waals surface area contributed by atoms with Gasteiger partial charge in [0.15, 0.2) is 0 Å². The van der Waals surface area contributed by atoms with Crippen LogP contribution in [0.5, 0.6) is 0 Å². The van der Waals surface area contributed by atoms with Crippen molar-refractivity contribution in [1.29, 1.82) is 0 Å². The van der Waals surface area contributed by atoms with Gasteiger partial charge in [0.25, 0.3) is 0 Å². The Morgan fingerprint density at radius 3 is 2.65 bits per heavy atom. The number of aliphatic imine (C=N–C) groups is 1. The van der Waals surface area contributed by atoms with Crippen LogP contribution in [-0.2, 0) is 0 Å². The molecule has 1 rings (SSSR count). The zero-order chi connectivity index (χ0) is 14.6. The van der Waals surface area contributed by atoms with E-state index >= 15 is 0 Å². The summed E-state index contributed by atoms with van der Waals surface area (Å²) in [4.78, 5) is 6.75. The van der Waals surface area contributed by atoms with E-state index in [2.05, 4.69) is 29.0 Å². The van der Waals surface area contributed by atoms with Gasteiger partial charge in [0.05, 0.1) is 6.17 Å². The first kappa shape index (κ1) is 17.4. The van der Waals surface area contributed by atoms with Gasteiger partial charge >= 0.3 is 0 Å². The summed E-state index contributed by atoms with van der Waals surface area (Å²) in [6.45, 7) is 5.21. The van der Waals surface area contributed by atoms with Crippen molar-refractivity contribution in [3.05, 3.63) is 12.2 Å². The summed E-state index contributed by atoms with van der Waals surface area (Å²) < 4.78 is 0. The van der Waals surface area contributed by atoms with Crippen LogP contribution >= 0.6 is 0 Å². The predicted octanol–water partition coefficient (Wildman–Crippen LogP) is 4.09. The highest BCUT2D eigenvalue weighted by Crippen LogP contribution is 2.14. The molecule has 2 N–H and O–H groups in total. The molecule has 2 unspecified atom stereocenters. The van der Waals surface area contributed by atoms with Gasteiger partial charge in [0.1, 0.15) is 6.17 Å². The third-order valence-electron chi connectivity index (χ3n) is 3.96. The molecule has 3 heteroatoms. The number of nitrogens with two attached hydrogens (primary N) is 1. The van der Waals surface area contributed by atoms with Crippen LogP contribution in [0.3, 0.4) is 0 Å². The molecule has 0 aromatic carbocycles. The molecule has 3 nitrogen and oxygen atoms in total. The number of hydrogen-bond donors (Lipinski definition) is 1. The van der Waals surface area contributed by atoms with Gasteiger partial charge < -0.3 is 5.73 Å². The SMILES string of the molecule is CCCCCCCC/C=C/CCC1N=CCN1C(C)N. The zero-order valence-corrected chi connectivity index (χ0v) is 13.4. The van der Waals surface area contributed by atoms with E-state index in [4.69, 9.17) is 5.73 Å². The van der Waals surface area contributed by atoms with Gasteiger partial charge in [-0.3, -0.25) is 9.89 Å². The smallest absolute Gasteiger partial charge is 0.103 e. The molecule has 0 bridgehead atoms. The van der Waals surface area contributed by atoms with Crippen molar-refractivity contribution in [1.82, 2.24) is 4.90 Å². The highest BCUT2D eigenvalue weighted by Gasteiger charge is 2.22. The highest BCUT2D eigenvalue weighted by atomic mass is 15.3. The molecule has 116 valence electrons. The second-order valence-corrected chi connectivity index (χ2v) is 5.85. The number of nitrogens with zero attached hydrogens (tertiary/aromatic N) is 2. The lowest BCUT2D eigenvalue weighted by Gasteiger charge is -2.26. The topological polar surface area (TPSA) is 41.6 Å². The summed E-state index contributed by atoms with van der Waals surface area (Å²) in [7, 11) is 0. The Hall–Kier alpha value is -0.670. The molecule has 1 aliphatic heterocycles. The normalized spacial score (nSPS) is 21.1. The van der Waals surface area contributed by atoms with Gasteiger partial charge in [-0.15, -0.1) is 0 Å². The molecule has 2 atom stereocenters. The number of rotatable bonds is 11. The number of hydrogen-bond acceptors (Lipinski definition) is 3. The van der Waals surface area contributed by atoms with E-state index in [9.17, 15) is 0 Å². The Kier molecular flexibility index (Phi) is 9.60. The van der Waals surface area contributed by atoms with Crippen molar-refractivity contribution < 1.29 is 0 Å². The molecule has 1 aliphatic rings. The lowest BCUT2D eigenvalue weighted by Crippen LogP contribution is -2.43. The Bertz CT molecular complexity index is 284. The van der Waals surface area contributed by atoms with Gasteiger partial charge in [0, 0.05) is 12.8 Å². The van der Waals surface area contributed by atoms with Crippen LogP contribution in [0.15, 0.2) is 17.1 Å².